The standard InChI is InChI=1S/C21H18N2O3/c24-18-12-17-20(26-18)16-11-10-13-6-4-5-9-15(13)19(16)22-23(17)21(25)14-7-2-1-3-8-14/h1-9,16-17,20H,10-12H2/t16-,17-,20-/m1/s1. The number of esters is 1. The van der Waals surface area contributed by atoms with Gasteiger partial charge in [0.15, 0.2) is 0 Å². The number of fused-ring (bicyclic) bond motifs is 5. The SMILES string of the molecule is O=C1C[C@@H]2[C@H](O1)[C@@H]1CCc3ccccc3C1=NN2C(=O)c1ccccc1. The van der Waals surface area contributed by atoms with Crippen LogP contribution in [-0.2, 0) is 16.0 Å². The van der Waals surface area contributed by atoms with E-state index < -0.39 is 0 Å². The zero-order valence-electron chi connectivity index (χ0n) is 14.2. The van der Waals surface area contributed by atoms with Gasteiger partial charge in [-0.2, -0.15) is 5.10 Å². The minimum Gasteiger partial charge on any atom is -0.459 e. The summed E-state index contributed by atoms with van der Waals surface area (Å²) >= 11 is 0. The molecule has 0 unspecified atom stereocenters. The summed E-state index contributed by atoms with van der Waals surface area (Å²) in [6, 6.07) is 16.9. The number of ether oxygens (including phenoxy) is 1. The van der Waals surface area contributed by atoms with Crippen molar-refractivity contribution in [1.29, 1.82) is 0 Å². The van der Waals surface area contributed by atoms with Gasteiger partial charge in [-0.05, 0) is 30.5 Å². The highest BCUT2D eigenvalue weighted by Gasteiger charge is 2.51. The first-order valence-corrected chi connectivity index (χ1v) is 8.97. The first-order chi connectivity index (χ1) is 12.7. The summed E-state index contributed by atoms with van der Waals surface area (Å²) in [6.07, 6.45) is 1.72. The fourth-order valence-electron chi connectivity index (χ4n) is 4.32. The second kappa shape index (κ2) is 5.80. The van der Waals surface area contributed by atoms with Crippen molar-refractivity contribution in [2.75, 3.05) is 0 Å². The molecule has 0 spiro atoms. The van der Waals surface area contributed by atoms with E-state index in [2.05, 4.69) is 6.07 Å². The molecule has 3 aliphatic rings. The Bertz CT molecular complexity index is 922. The van der Waals surface area contributed by atoms with E-state index >= 15 is 0 Å². The van der Waals surface area contributed by atoms with Gasteiger partial charge in [0.1, 0.15) is 12.1 Å². The minimum atomic E-state index is -0.325. The van der Waals surface area contributed by atoms with Crippen molar-refractivity contribution in [3.63, 3.8) is 0 Å². The Kier molecular flexibility index (Phi) is 3.42. The van der Waals surface area contributed by atoms with Crippen LogP contribution in [0.2, 0.25) is 0 Å². The van der Waals surface area contributed by atoms with E-state index in [9.17, 15) is 9.59 Å². The lowest BCUT2D eigenvalue weighted by Gasteiger charge is -2.40. The summed E-state index contributed by atoms with van der Waals surface area (Å²) in [5.74, 6) is -0.379. The number of nitrogens with zero attached hydrogens (tertiary/aromatic N) is 2. The molecule has 26 heavy (non-hydrogen) atoms. The van der Waals surface area contributed by atoms with Crippen LogP contribution in [0.15, 0.2) is 59.7 Å². The molecule has 0 N–H and O–H groups in total. The van der Waals surface area contributed by atoms with Gasteiger partial charge in [-0.1, -0.05) is 42.5 Å². The van der Waals surface area contributed by atoms with E-state index in [-0.39, 0.29) is 36.4 Å². The molecule has 2 aromatic carbocycles. The van der Waals surface area contributed by atoms with Crippen molar-refractivity contribution in [2.45, 2.75) is 31.4 Å². The molecule has 1 saturated heterocycles. The smallest absolute Gasteiger partial charge is 0.308 e. The lowest BCUT2D eigenvalue weighted by molar-refractivity contribution is -0.142. The zero-order valence-corrected chi connectivity index (χ0v) is 14.2. The summed E-state index contributed by atoms with van der Waals surface area (Å²) in [5.41, 5.74) is 3.73. The van der Waals surface area contributed by atoms with Gasteiger partial charge in [0.05, 0.1) is 12.1 Å². The van der Waals surface area contributed by atoms with Gasteiger partial charge in [-0.15, -0.1) is 0 Å². The van der Waals surface area contributed by atoms with Crippen LogP contribution in [0.1, 0.15) is 34.3 Å². The van der Waals surface area contributed by atoms with Crippen LogP contribution in [0.5, 0.6) is 0 Å². The third-order valence-corrected chi connectivity index (χ3v) is 5.55. The summed E-state index contributed by atoms with van der Waals surface area (Å²) in [4.78, 5) is 25.1. The highest BCUT2D eigenvalue weighted by molar-refractivity contribution is 6.07. The van der Waals surface area contributed by atoms with E-state index in [0.717, 1.165) is 24.1 Å². The largest absolute Gasteiger partial charge is 0.459 e. The maximum Gasteiger partial charge on any atom is 0.308 e. The third kappa shape index (κ3) is 2.27. The predicted octanol–water partition coefficient (Wildman–Crippen LogP) is 2.79. The van der Waals surface area contributed by atoms with Crippen molar-refractivity contribution in [2.24, 2.45) is 11.0 Å². The van der Waals surface area contributed by atoms with E-state index in [1.807, 2.05) is 36.4 Å². The maximum absolute atomic E-state index is 13.1. The fraction of sp³-hybridized carbons (Fsp3) is 0.286. The number of hydrogen-bond acceptors (Lipinski definition) is 4. The van der Waals surface area contributed by atoms with E-state index in [1.54, 1.807) is 12.1 Å². The van der Waals surface area contributed by atoms with Crippen molar-refractivity contribution >= 4 is 17.6 Å². The van der Waals surface area contributed by atoms with Gasteiger partial charge in [0.25, 0.3) is 5.91 Å². The third-order valence-electron chi connectivity index (χ3n) is 5.55. The van der Waals surface area contributed by atoms with Gasteiger partial charge in [0, 0.05) is 17.0 Å². The molecular formula is C21H18N2O3. The number of rotatable bonds is 1. The maximum atomic E-state index is 13.1. The highest BCUT2D eigenvalue weighted by Crippen LogP contribution is 2.39. The Balaban J connectivity index is 1.62. The molecule has 1 fully saturated rings. The predicted molar refractivity (Wildman–Crippen MR) is 95.7 cm³/mol. The van der Waals surface area contributed by atoms with E-state index in [1.165, 1.54) is 10.6 Å². The Hall–Kier alpha value is -2.95. The number of hydrazone groups is 1. The monoisotopic (exact) mass is 346 g/mol. The second-order valence-electron chi connectivity index (χ2n) is 7.03. The number of benzene rings is 2. The molecule has 0 saturated carbocycles. The molecule has 2 aromatic rings. The van der Waals surface area contributed by atoms with Crippen molar-refractivity contribution in [3.05, 3.63) is 71.3 Å². The molecule has 1 amide bonds. The number of aryl methyl sites for hydroxylation is 1. The van der Waals surface area contributed by atoms with Crippen LogP contribution >= 0.6 is 0 Å². The van der Waals surface area contributed by atoms with Crippen LogP contribution in [-0.4, -0.2) is 34.7 Å². The first-order valence-electron chi connectivity index (χ1n) is 8.97. The first kappa shape index (κ1) is 15.3. The van der Waals surface area contributed by atoms with Crippen molar-refractivity contribution < 1.29 is 14.3 Å². The molecule has 0 aromatic heterocycles. The topological polar surface area (TPSA) is 59.0 Å². The molecule has 2 heterocycles. The lowest BCUT2D eigenvalue weighted by atomic mass is 9.76. The molecule has 5 rings (SSSR count). The summed E-state index contributed by atoms with van der Waals surface area (Å²) in [5, 5.41) is 6.25. The summed E-state index contributed by atoms with van der Waals surface area (Å²) in [6.45, 7) is 0. The van der Waals surface area contributed by atoms with Gasteiger partial charge in [-0.25, -0.2) is 5.01 Å². The Labute approximate surface area is 151 Å². The highest BCUT2D eigenvalue weighted by atomic mass is 16.6. The van der Waals surface area contributed by atoms with Crippen LogP contribution in [0, 0.1) is 5.92 Å². The van der Waals surface area contributed by atoms with E-state index in [0.29, 0.717) is 5.56 Å². The summed E-state index contributed by atoms with van der Waals surface area (Å²) in [7, 11) is 0. The average Bonchev–Trinajstić information content (AvgIpc) is 3.08. The van der Waals surface area contributed by atoms with Crippen LogP contribution in [0.3, 0.4) is 0 Å². The molecule has 2 aliphatic heterocycles. The van der Waals surface area contributed by atoms with Gasteiger partial charge in [-0.3, -0.25) is 9.59 Å². The normalized spacial score (nSPS) is 26.3. The average molecular weight is 346 g/mol. The van der Waals surface area contributed by atoms with E-state index in [4.69, 9.17) is 9.84 Å². The molecular weight excluding hydrogens is 328 g/mol. The number of amides is 1. The van der Waals surface area contributed by atoms with Gasteiger partial charge >= 0.3 is 5.97 Å². The Morgan fingerprint density at radius 1 is 1.08 bits per heavy atom. The molecule has 5 nitrogen and oxygen atoms in total. The van der Waals surface area contributed by atoms with Gasteiger partial charge < -0.3 is 4.74 Å². The van der Waals surface area contributed by atoms with Crippen LogP contribution in [0.4, 0.5) is 0 Å². The molecule has 130 valence electrons. The molecule has 0 radical (unpaired) electrons. The van der Waals surface area contributed by atoms with Gasteiger partial charge in [0.2, 0.25) is 0 Å². The molecule has 3 atom stereocenters. The molecule has 5 heteroatoms. The molecule has 0 bridgehead atoms. The summed E-state index contributed by atoms with van der Waals surface area (Å²) < 4.78 is 5.65. The quantitative estimate of drug-likeness (QED) is 0.746. The molecule has 1 aliphatic carbocycles. The Morgan fingerprint density at radius 2 is 1.85 bits per heavy atom. The van der Waals surface area contributed by atoms with Crippen LogP contribution in [0.25, 0.3) is 0 Å². The zero-order chi connectivity index (χ0) is 17.7. The van der Waals surface area contributed by atoms with Crippen molar-refractivity contribution in [1.82, 2.24) is 5.01 Å². The number of carbonyl (C=O) groups excluding carboxylic acids is 2. The Morgan fingerprint density at radius 3 is 2.69 bits per heavy atom. The van der Waals surface area contributed by atoms with Crippen LogP contribution < -0.4 is 0 Å². The second-order valence-corrected chi connectivity index (χ2v) is 7.03. The number of hydrogen-bond donors (Lipinski definition) is 0. The van der Waals surface area contributed by atoms with Crippen molar-refractivity contribution in [3.8, 4) is 0 Å². The minimum absolute atomic E-state index is 0.0566. The lowest BCUT2D eigenvalue weighted by Crippen LogP contribution is -2.52. The fourth-order valence-corrected chi connectivity index (χ4v) is 4.32. The number of carbonyl (C=O) groups is 2.